The predicted octanol–water partition coefficient (Wildman–Crippen LogP) is 3.53. The lowest BCUT2D eigenvalue weighted by molar-refractivity contribution is 0.0949. The van der Waals surface area contributed by atoms with Crippen LogP contribution in [0.5, 0.6) is 0 Å². The Morgan fingerprint density at radius 2 is 1.48 bits per heavy atom. The van der Waals surface area contributed by atoms with Crippen molar-refractivity contribution < 1.29 is 9.59 Å². The highest BCUT2D eigenvalue weighted by atomic mass is 16.2. The minimum absolute atomic E-state index is 0.0515. The van der Waals surface area contributed by atoms with Gasteiger partial charge in [-0.15, -0.1) is 0 Å². The van der Waals surface area contributed by atoms with Crippen LogP contribution in [0.2, 0.25) is 0 Å². The topological polar surface area (TPSA) is 80.2 Å². The molecule has 33 heavy (non-hydrogen) atoms. The lowest BCUT2D eigenvalue weighted by atomic mass is 10.0. The lowest BCUT2D eigenvalue weighted by Crippen LogP contribution is -2.34. The Balaban J connectivity index is 1.60. The van der Waals surface area contributed by atoms with Gasteiger partial charge < -0.3 is 15.2 Å². The molecule has 0 fully saturated rings. The second-order valence-corrected chi connectivity index (χ2v) is 7.79. The first-order valence-electron chi connectivity index (χ1n) is 10.8. The molecule has 2 N–H and O–H groups in total. The second kappa shape index (κ2) is 9.96. The molecule has 0 unspecified atom stereocenters. The number of fused-ring (bicyclic) bond motifs is 1. The molecule has 6 heteroatoms. The van der Waals surface area contributed by atoms with E-state index in [0.717, 1.165) is 21.9 Å². The van der Waals surface area contributed by atoms with Gasteiger partial charge in [0.25, 0.3) is 11.8 Å². The van der Waals surface area contributed by atoms with Crippen LogP contribution in [0.3, 0.4) is 0 Å². The number of amides is 2. The maximum atomic E-state index is 13.0. The Morgan fingerprint density at radius 1 is 0.818 bits per heavy atom. The Kier molecular flexibility index (Phi) is 6.64. The van der Waals surface area contributed by atoms with E-state index in [2.05, 4.69) is 10.6 Å². The van der Waals surface area contributed by atoms with Gasteiger partial charge in [0.1, 0.15) is 11.1 Å². The minimum atomic E-state index is -0.583. The number of carbonyl (C=O) groups is 2. The van der Waals surface area contributed by atoms with Crippen LogP contribution in [0.25, 0.3) is 10.8 Å². The molecule has 1 heterocycles. The number of nitrogens with zero attached hydrogens (tertiary/aromatic N) is 1. The molecule has 0 aliphatic heterocycles. The van der Waals surface area contributed by atoms with Gasteiger partial charge in [0.15, 0.2) is 0 Å². The van der Waals surface area contributed by atoms with Crippen molar-refractivity contribution in [3.05, 3.63) is 118 Å². The zero-order valence-corrected chi connectivity index (χ0v) is 18.4. The van der Waals surface area contributed by atoms with Crippen LogP contribution in [-0.2, 0) is 19.5 Å². The highest BCUT2D eigenvalue weighted by molar-refractivity contribution is 5.99. The van der Waals surface area contributed by atoms with Crippen LogP contribution in [-0.4, -0.2) is 23.4 Å². The van der Waals surface area contributed by atoms with Crippen LogP contribution in [0, 0.1) is 0 Å². The summed E-state index contributed by atoms with van der Waals surface area (Å²) in [6.07, 6.45) is 3.73. The van der Waals surface area contributed by atoms with Crippen molar-refractivity contribution in [2.45, 2.75) is 19.5 Å². The second-order valence-electron chi connectivity index (χ2n) is 7.79. The fraction of sp³-hybridized carbons (Fsp3) is 0.148. The van der Waals surface area contributed by atoms with E-state index >= 15 is 0 Å². The number of rotatable bonds is 7. The molecule has 0 aliphatic carbocycles. The maximum absolute atomic E-state index is 13.0. The average molecular weight is 440 g/mol. The van der Waals surface area contributed by atoms with E-state index in [4.69, 9.17) is 0 Å². The molecular formula is C27H25N3O3. The normalized spacial score (nSPS) is 10.7. The summed E-state index contributed by atoms with van der Waals surface area (Å²) >= 11 is 0. The summed E-state index contributed by atoms with van der Waals surface area (Å²) in [5.41, 5.74) is 1.39. The highest BCUT2D eigenvalue weighted by Crippen LogP contribution is 2.18. The van der Waals surface area contributed by atoms with Crippen LogP contribution in [0.4, 0.5) is 0 Å². The molecule has 0 radical (unpaired) electrons. The van der Waals surface area contributed by atoms with Gasteiger partial charge in [-0.25, -0.2) is 0 Å². The molecule has 3 aromatic carbocycles. The summed E-state index contributed by atoms with van der Waals surface area (Å²) in [5, 5.41) is 7.45. The summed E-state index contributed by atoms with van der Waals surface area (Å²) in [6, 6.07) is 23.7. The van der Waals surface area contributed by atoms with Crippen molar-refractivity contribution in [1.82, 2.24) is 15.2 Å². The molecular weight excluding hydrogens is 414 g/mol. The van der Waals surface area contributed by atoms with Gasteiger partial charge >= 0.3 is 0 Å². The molecule has 166 valence electrons. The monoisotopic (exact) mass is 439 g/mol. The number of aromatic nitrogens is 1. The van der Waals surface area contributed by atoms with Crippen molar-refractivity contribution in [3.63, 3.8) is 0 Å². The van der Waals surface area contributed by atoms with E-state index in [0.29, 0.717) is 13.0 Å². The molecule has 4 aromatic rings. The van der Waals surface area contributed by atoms with Gasteiger partial charge in [-0.1, -0.05) is 72.8 Å². The smallest absolute Gasteiger partial charge is 0.257 e. The number of hydrogen-bond donors (Lipinski definition) is 2. The molecule has 0 bridgehead atoms. The van der Waals surface area contributed by atoms with Crippen LogP contribution >= 0.6 is 0 Å². The molecule has 0 spiro atoms. The van der Waals surface area contributed by atoms with Gasteiger partial charge in [0.05, 0.1) is 0 Å². The zero-order valence-electron chi connectivity index (χ0n) is 18.4. The van der Waals surface area contributed by atoms with Gasteiger partial charge in [0.2, 0.25) is 5.43 Å². The fourth-order valence-corrected chi connectivity index (χ4v) is 3.84. The highest BCUT2D eigenvalue weighted by Gasteiger charge is 2.19. The van der Waals surface area contributed by atoms with Crippen molar-refractivity contribution in [3.8, 4) is 0 Å². The summed E-state index contributed by atoms with van der Waals surface area (Å²) in [6.45, 7) is 0.797. The Morgan fingerprint density at radius 3 is 2.24 bits per heavy atom. The van der Waals surface area contributed by atoms with Crippen LogP contribution in [0.1, 0.15) is 31.8 Å². The van der Waals surface area contributed by atoms with Gasteiger partial charge in [-0.3, -0.25) is 14.4 Å². The third-order valence-electron chi connectivity index (χ3n) is 5.62. The molecule has 0 aliphatic rings. The van der Waals surface area contributed by atoms with Crippen LogP contribution < -0.4 is 16.1 Å². The molecule has 4 rings (SSSR count). The standard InChI is InChI=1S/C27H25N3O3/c1-28-26(32)23-17-30(15-14-19-8-3-2-4-9-19)18-24(25(23)31)27(33)29-16-21-12-7-11-20-10-5-6-13-22(20)21/h2-13,17-18H,14-16H2,1H3,(H,28,32)(H,29,33). The first-order valence-corrected chi connectivity index (χ1v) is 10.8. The average Bonchev–Trinajstić information content (AvgIpc) is 2.86. The number of aryl methyl sites for hydroxylation is 2. The Hall–Kier alpha value is -4.19. The van der Waals surface area contributed by atoms with Crippen molar-refractivity contribution in [2.75, 3.05) is 7.05 Å². The first-order chi connectivity index (χ1) is 16.1. The van der Waals surface area contributed by atoms with Gasteiger partial charge in [-0.05, 0) is 28.3 Å². The quantitative estimate of drug-likeness (QED) is 0.462. The number of hydrogen-bond acceptors (Lipinski definition) is 3. The zero-order chi connectivity index (χ0) is 23.2. The molecule has 0 saturated carbocycles. The third-order valence-corrected chi connectivity index (χ3v) is 5.62. The van der Waals surface area contributed by atoms with Gasteiger partial charge in [-0.2, -0.15) is 0 Å². The van der Waals surface area contributed by atoms with Gasteiger partial charge in [0, 0.05) is 32.5 Å². The Bertz CT molecular complexity index is 1350. The largest absolute Gasteiger partial charge is 0.355 e. The maximum Gasteiger partial charge on any atom is 0.257 e. The van der Waals surface area contributed by atoms with E-state index in [1.54, 1.807) is 4.57 Å². The number of benzene rings is 3. The number of pyridine rings is 1. The van der Waals surface area contributed by atoms with E-state index in [1.165, 1.54) is 19.4 Å². The number of nitrogens with one attached hydrogen (secondary N) is 2. The predicted molar refractivity (Wildman–Crippen MR) is 129 cm³/mol. The van der Waals surface area contributed by atoms with E-state index < -0.39 is 17.2 Å². The summed E-state index contributed by atoms with van der Waals surface area (Å²) in [5.74, 6) is -1.02. The Labute approximate surface area is 191 Å². The van der Waals surface area contributed by atoms with E-state index in [1.807, 2.05) is 72.8 Å². The van der Waals surface area contributed by atoms with E-state index in [9.17, 15) is 14.4 Å². The molecule has 6 nitrogen and oxygen atoms in total. The molecule has 0 atom stereocenters. The first kappa shape index (κ1) is 22.0. The number of carbonyl (C=O) groups excluding carboxylic acids is 2. The molecule has 0 saturated heterocycles. The van der Waals surface area contributed by atoms with Crippen molar-refractivity contribution in [2.24, 2.45) is 0 Å². The van der Waals surface area contributed by atoms with Crippen molar-refractivity contribution >= 4 is 22.6 Å². The summed E-state index contributed by atoms with van der Waals surface area (Å²) < 4.78 is 1.73. The summed E-state index contributed by atoms with van der Waals surface area (Å²) in [7, 11) is 1.46. The minimum Gasteiger partial charge on any atom is -0.355 e. The third kappa shape index (κ3) is 5.01. The molecule has 2 amide bonds. The SMILES string of the molecule is CNC(=O)c1cn(CCc2ccccc2)cc(C(=O)NCc2cccc3ccccc23)c1=O. The van der Waals surface area contributed by atoms with Crippen LogP contribution in [0.15, 0.2) is 90.0 Å². The fourth-order valence-electron chi connectivity index (χ4n) is 3.84. The molecule has 1 aromatic heterocycles. The summed E-state index contributed by atoms with van der Waals surface area (Å²) in [4.78, 5) is 38.2. The lowest BCUT2D eigenvalue weighted by Gasteiger charge is -2.13. The van der Waals surface area contributed by atoms with Crippen molar-refractivity contribution in [1.29, 1.82) is 0 Å². The van der Waals surface area contributed by atoms with E-state index in [-0.39, 0.29) is 17.7 Å².